The number of piperidine rings is 1. The van der Waals surface area contributed by atoms with E-state index in [1.165, 1.54) is 6.33 Å². The molecule has 1 amide bonds. The molecule has 1 atom stereocenters. The highest BCUT2D eigenvalue weighted by atomic mass is 35.5. The first kappa shape index (κ1) is 12.3. The van der Waals surface area contributed by atoms with Gasteiger partial charge >= 0.3 is 0 Å². The molecule has 92 valence electrons. The lowest BCUT2D eigenvalue weighted by Gasteiger charge is -2.31. The van der Waals surface area contributed by atoms with Crippen molar-refractivity contribution >= 4 is 18.3 Å². The van der Waals surface area contributed by atoms with Crippen molar-refractivity contribution in [2.24, 2.45) is 0 Å². The molecule has 1 aromatic rings. The normalized spacial score (nSPS) is 23.2. The van der Waals surface area contributed by atoms with Crippen LogP contribution < -0.4 is 5.32 Å². The van der Waals surface area contributed by atoms with Gasteiger partial charge in [0.25, 0.3) is 5.91 Å². The number of hydrogen-bond acceptors (Lipinski definition) is 4. The smallest absolute Gasteiger partial charge is 0.258 e. The number of aromatic nitrogens is 2. The van der Waals surface area contributed by atoms with Gasteiger partial charge < -0.3 is 10.2 Å². The summed E-state index contributed by atoms with van der Waals surface area (Å²) in [4.78, 5) is 22.1. The molecule has 0 radical (unpaired) electrons. The molecule has 3 heterocycles. The van der Waals surface area contributed by atoms with E-state index < -0.39 is 0 Å². The van der Waals surface area contributed by atoms with Crippen molar-refractivity contribution in [3.63, 3.8) is 0 Å². The van der Waals surface area contributed by atoms with Crippen LogP contribution >= 0.6 is 12.4 Å². The summed E-state index contributed by atoms with van der Waals surface area (Å²) >= 11 is 0. The van der Waals surface area contributed by atoms with E-state index >= 15 is 0 Å². The predicted molar refractivity (Wildman–Crippen MR) is 65.0 cm³/mol. The Labute approximate surface area is 106 Å². The van der Waals surface area contributed by atoms with Crippen molar-refractivity contribution < 1.29 is 4.79 Å². The zero-order valence-electron chi connectivity index (χ0n) is 9.43. The van der Waals surface area contributed by atoms with Gasteiger partial charge in [0.2, 0.25) is 0 Å². The average molecular weight is 255 g/mol. The average Bonchev–Trinajstić information content (AvgIpc) is 2.69. The number of hydrogen-bond donors (Lipinski definition) is 1. The van der Waals surface area contributed by atoms with Crippen LogP contribution in [0.4, 0.5) is 0 Å². The number of amides is 1. The Morgan fingerprint density at radius 3 is 3.06 bits per heavy atom. The van der Waals surface area contributed by atoms with Crippen molar-refractivity contribution in [3.8, 4) is 0 Å². The molecule has 0 spiro atoms. The lowest BCUT2D eigenvalue weighted by Crippen LogP contribution is -2.46. The molecular weight excluding hydrogens is 240 g/mol. The molecule has 1 aromatic heterocycles. The van der Waals surface area contributed by atoms with E-state index in [-0.39, 0.29) is 18.3 Å². The van der Waals surface area contributed by atoms with E-state index in [1.54, 1.807) is 6.20 Å². The van der Waals surface area contributed by atoms with Gasteiger partial charge in [0, 0.05) is 18.8 Å². The van der Waals surface area contributed by atoms with Crippen molar-refractivity contribution in [1.82, 2.24) is 20.2 Å². The molecule has 17 heavy (non-hydrogen) atoms. The summed E-state index contributed by atoms with van der Waals surface area (Å²) in [6, 6.07) is 0.315. The Bertz CT molecular complexity index is 420. The minimum absolute atomic E-state index is 0. The molecule has 6 heteroatoms. The Balaban J connectivity index is 0.00000108. The first-order chi connectivity index (χ1) is 7.86. The Morgan fingerprint density at radius 1 is 1.47 bits per heavy atom. The summed E-state index contributed by atoms with van der Waals surface area (Å²) in [6.45, 7) is 2.60. The largest absolute Gasteiger partial charge is 0.328 e. The Morgan fingerprint density at radius 2 is 2.35 bits per heavy atom. The molecule has 5 nitrogen and oxygen atoms in total. The van der Waals surface area contributed by atoms with E-state index in [1.807, 2.05) is 4.90 Å². The maximum Gasteiger partial charge on any atom is 0.258 e. The fraction of sp³-hybridized carbons (Fsp3) is 0.545. The van der Waals surface area contributed by atoms with Crippen LogP contribution in [0.15, 0.2) is 12.5 Å². The molecule has 0 aliphatic carbocycles. The van der Waals surface area contributed by atoms with Crippen LogP contribution in [0.5, 0.6) is 0 Å². The van der Waals surface area contributed by atoms with Crippen LogP contribution in [0.1, 0.15) is 28.9 Å². The number of nitrogens with zero attached hydrogens (tertiary/aromatic N) is 3. The SMILES string of the molecule is Cl.O=C1c2cncnc2CN1C1CCCNC1. The van der Waals surface area contributed by atoms with E-state index in [0.717, 1.165) is 31.6 Å². The number of fused-ring (bicyclic) bond motifs is 1. The molecule has 1 saturated heterocycles. The first-order valence-corrected chi connectivity index (χ1v) is 5.67. The summed E-state index contributed by atoms with van der Waals surface area (Å²) in [5.74, 6) is 0.0873. The van der Waals surface area contributed by atoms with Gasteiger partial charge in [-0.2, -0.15) is 0 Å². The van der Waals surface area contributed by atoms with Crippen LogP contribution in [-0.2, 0) is 6.54 Å². The van der Waals surface area contributed by atoms with Gasteiger partial charge in [0.05, 0.1) is 17.8 Å². The Hall–Kier alpha value is -1.20. The number of halogens is 1. The third kappa shape index (κ3) is 2.12. The monoisotopic (exact) mass is 254 g/mol. The van der Waals surface area contributed by atoms with Crippen LogP contribution in [0, 0.1) is 0 Å². The second-order valence-corrected chi connectivity index (χ2v) is 4.32. The van der Waals surface area contributed by atoms with E-state index in [9.17, 15) is 4.79 Å². The van der Waals surface area contributed by atoms with Gasteiger partial charge in [0.15, 0.2) is 0 Å². The lowest BCUT2D eigenvalue weighted by atomic mass is 10.1. The Kier molecular flexibility index (Phi) is 3.59. The first-order valence-electron chi connectivity index (χ1n) is 5.67. The van der Waals surface area contributed by atoms with E-state index in [2.05, 4.69) is 15.3 Å². The van der Waals surface area contributed by atoms with E-state index in [0.29, 0.717) is 18.2 Å². The number of nitrogens with one attached hydrogen (secondary N) is 1. The highest BCUT2D eigenvalue weighted by Crippen LogP contribution is 2.24. The predicted octanol–water partition coefficient (Wildman–Crippen LogP) is 0.606. The molecule has 2 aliphatic rings. The molecule has 3 rings (SSSR count). The molecule has 0 bridgehead atoms. The maximum absolute atomic E-state index is 12.1. The van der Waals surface area contributed by atoms with Crippen molar-refractivity contribution in [3.05, 3.63) is 23.8 Å². The summed E-state index contributed by atoms with van der Waals surface area (Å²) in [5, 5.41) is 3.33. The van der Waals surface area contributed by atoms with Crippen LogP contribution in [0.2, 0.25) is 0 Å². The third-order valence-corrected chi connectivity index (χ3v) is 3.32. The summed E-state index contributed by atoms with van der Waals surface area (Å²) in [7, 11) is 0. The molecule has 1 N–H and O–H groups in total. The molecular formula is C11H15ClN4O. The fourth-order valence-corrected chi connectivity index (χ4v) is 2.44. The topological polar surface area (TPSA) is 58.1 Å². The minimum atomic E-state index is 0. The molecule has 1 unspecified atom stereocenters. The zero-order chi connectivity index (χ0) is 11.0. The van der Waals surface area contributed by atoms with Gasteiger partial charge in [-0.3, -0.25) is 4.79 Å². The third-order valence-electron chi connectivity index (χ3n) is 3.32. The fourth-order valence-electron chi connectivity index (χ4n) is 2.44. The second kappa shape index (κ2) is 4.98. The van der Waals surface area contributed by atoms with Crippen LogP contribution in [-0.4, -0.2) is 39.9 Å². The number of carbonyl (C=O) groups is 1. The lowest BCUT2D eigenvalue weighted by molar-refractivity contribution is 0.0673. The van der Waals surface area contributed by atoms with E-state index in [4.69, 9.17) is 0 Å². The van der Waals surface area contributed by atoms with Gasteiger partial charge in [-0.25, -0.2) is 9.97 Å². The summed E-state index contributed by atoms with van der Waals surface area (Å²) in [6.07, 6.45) is 5.35. The molecule has 1 fully saturated rings. The maximum atomic E-state index is 12.1. The van der Waals surface area contributed by atoms with Crippen LogP contribution in [0.25, 0.3) is 0 Å². The van der Waals surface area contributed by atoms with Gasteiger partial charge in [0.1, 0.15) is 6.33 Å². The summed E-state index contributed by atoms with van der Waals surface area (Å²) < 4.78 is 0. The summed E-state index contributed by atoms with van der Waals surface area (Å²) in [5.41, 5.74) is 1.54. The van der Waals surface area contributed by atoms with Gasteiger partial charge in [-0.1, -0.05) is 0 Å². The zero-order valence-corrected chi connectivity index (χ0v) is 10.2. The molecule has 2 aliphatic heterocycles. The highest BCUT2D eigenvalue weighted by molar-refractivity contribution is 5.97. The molecule has 0 saturated carbocycles. The van der Waals surface area contributed by atoms with Crippen molar-refractivity contribution in [2.45, 2.75) is 25.4 Å². The minimum Gasteiger partial charge on any atom is -0.328 e. The second-order valence-electron chi connectivity index (χ2n) is 4.32. The van der Waals surface area contributed by atoms with Gasteiger partial charge in [-0.05, 0) is 19.4 Å². The highest BCUT2D eigenvalue weighted by Gasteiger charge is 2.34. The van der Waals surface area contributed by atoms with Crippen molar-refractivity contribution in [1.29, 1.82) is 0 Å². The van der Waals surface area contributed by atoms with Crippen molar-refractivity contribution in [2.75, 3.05) is 13.1 Å². The molecule has 0 aromatic carbocycles. The number of carbonyl (C=O) groups excluding carboxylic acids is 1. The van der Waals surface area contributed by atoms with Crippen LogP contribution in [0.3, 0.4) is 0 Å². The van der Waals surface area contributed by atoms with Gasteiger partial charge in [-0.15, -0.1) is 12.4 Å². The standard InChI is InChI=1S/C11H14N4O.ClH/c16-11-9-5-13-7-14-10(9)6-15(11)8-2-1-3-12-4-8;/h5,7-8,12H,1-4,6H2;1H. The number of rotatable bonds is 1. The quantitative estimate of drug-likeness (QED) is 0.798.